The second-order valence-electron chi connectivity index (χ2n) is 2.36. The van der Waals surface area contributed by atoms with Gasteiger partial charge in [-0.3, -0.25) is 0 Å². The molecule has 0 aliphatic heterocycles. The third-order valence-electron chi connectivity index (χ3n) is 1.37. The summed E-state index contributed by atoms with van der Waals surface area (Å²) in [5.41, 5.74) is 0.824. The molecule has 0 rings (SSSR count). The minimum atomic E-state index is -0.396. The normalized spacial score (nSPS) is 14.7. The third-order valence-corrected chi connectivity index (χ3v) is 1.37. The van der Waals surface area contributed by atoms with Gasteiger partial charge in [0.05, 0.1) is 12.4 Å². The van der Waals surface area contributed by atoms with Gasteiger partial charge in [-0.15, -0.1) is 0 Å². The second kappa shape index (κ2) is 6.19. The molecule has 11 heavy (non-hydrogen) atoms. The van der Waals surface area contributed by atoms with Gasteiger partial charge < -0.3 is 14.6 Å². The van der Waals surface area contributed by atoms with E-state index in [1.807, 2.05) is 13.8 Å². The van der Waals surface area contributed by atoms with Crippen LogP contribution in [0.25, 0.3) is 0 Å². The summed E-state index contributed by atoms with van der Waals surface area (Å²) in [6.45, 7) is 3.97. The molecule has 0 aromatic rings. The van der Waals surface area contributed by atoms with E-state index in [2.05, 4.69) is 4.74 Å². The Kier molecular flexibility index (Phi) is 5.88. The molecule has 0 spiro atoms. The lowest BCUT2D eigenvalue weighted by Crippen LogP contribution is -2.06. The Bertz CT molecular complexity index is 121. The molecule has 0 aliphatic carbocycles. The van der Waals surface area contributed by atoms with E-state index in [0.29, 0.717) is 6.42 Å². The zero-order valence-electron chi connectivity index (χ0n) is 7.33. The van der Waals surface area contributed by atoms with Crippen LogP contribution in [-0.2, 0) is 9.47 Å². The van der Waals surface area contributed by atoms with Crippen LogP contribution in [0.1, 0.15) is 20.3 Å². The van der Waals surface area contributed by atoms with Gasteiger partial charge in [0.1, 0.15) is 0 Å². The van der Waals surface area contributed by atoms with Crippen LogP contribution in [0.2, 0.25) is 0 Å². The average molecular weight is 160 g/mol. The van der Waals surface area contributed by atoms with Gasteiger partial charge in [0, 0.05) is 7.11 Å². The van der Waals surface area contributed by atoms with Crippen molar-refractivity contribution >= 4 is 0 Å². The van der Waals surface area contributed by atoms with Gasteiger partial charge in [-0.1, -0.05) is 6.92 Å². The van der Waals surface area contributed by atoms with E-state index in [0.717, 1.165) is 5.57 Å². The molecule has 3 heteroatoms. The predicted octanol–water partition coefficient (Wildman–Crippen LogP) is 1.28. The van der Waals surface area contributed by atoms with Crippen molar-refractivity contribution in [2.75, 3.05) is 13.9 Å². The van der Waals surface area contributed by atoms with Gasteiger partial charge in [0.2, 0.25) is 0 Å². The molecule has 3 nitrogen and oxygen atoms in total. The fraction of sp³-hybridized carbons (Fsp3) is 0.750. The van der Waals surface area contributed by atoms with Crippen LogP contribution in [0, 0.1) is 0 Å². The molecule has 0 saturated heterocycles. The van der Waals surface area contributed by atoms with Crippen molar-refractivity contribution in [2.24, 2.45) is 0 Å². The first kappa shape index (κ1) is 10.5. The zero-order valence-corrected chi connectivity index (χ0v) is 7.33. The summed E-state index contributed by atoms with van der Waals surface area (Å²) in [5.74, 6) is 0. The van der Waals surface area contributed by atoms with Crippen LogP contribution in [0.5, 0.6) is 0 Å². The highest BCUT2D eigenvalue weighted by atomic mass is 16.7. The topological polar surface area (TPSA) is 38.7 Å². The fourth-order valence-electron chi connectivity index (χ4n) is 0.634. The molecule has 0 bridgehead atoms. The standard InChI is InChI=1S/C8H16O3/c1-4-8(9)7(2)5-11-6-10-3/h5,8-9H,4,6H2,1-3H3/b7-5-. The predicted molar refractivity (Wildman–Crippen MR) is 43.0 cm³/mol. The number of methoxy groups -OCH3 is 1. The minimum absolute atomic E-state index is 0.230. The molecule has 0 saturated carbocycles. The van der Waals surface area contributed by atoms with Gasteiger partial charge in [0.25, 0.3) is 0 Å². The van der Waals surface area contributed by atoms with Crippen LogP contribution in [0.3, 0.4) is 0 Å². The Morgan fingerprint density at radius 2 is 2.27 bits per heavy atom. The molecular formula is C8H16O3. The first-order chi connectivity index (χ1) is 5.22. The van der Waals surface area contributed by atoms with Gasteiger partial charge in [-0.2, -0.15) is 0 Å². The van der Waals surface area contributed by atoms with Crippen LogP contribution >= 0.6 is 0 Å². The summed E-state index contributed by atoms with van der Waals surface area (Å²) in [5, 5.41) is 9.24. The fourth-order valence-corrected chi connectivity index (χ4v) is 0.634. The molecule has 0 amide bonds. The highest BCUT2D eigenvalue weighted by Gasteiger charge is 2.01. The van der Waals surface area contributed by atoms with Crippen molar-refractivity contribution in [3.05, 3.63) is 11.8 Å². The molecule has 0 heterocycles. The number of rotatable bonds is 5. The molecule has 0 fully saturated rings. The summed E-state index contributed by atoms with van der Waals surface area (Å²) < 4.78 is 9.58. The summed E-state index contributed by atoms with van der Waals surface area (Å²) >= 11 is 0. The minimum Gasteiger partial charge on any atom is -0.475 e. The summed E-state index contributed by atoms with van der Waals surface area (Å²) in [6, 6.07) is 0. The van der Waals surface area contributed by atoms with Gasteiger partial charge in [-0.25, -0.2) is 0 Å². The Morgan fingerprint density at radius 3 is 2.73 bits per heavy atom. The molecule has 0 radical (unpaired) electrons. The highest BCUT2D eigenvalue weighted by Crippen LogP contribution is 2.04. The smallest absolute Gasteiger partial charge is 0.187 e. The van der Waals surface area contributed by atoms with E-state index < -0.39 is 6.10 Å². The Balaban J connectivity index is 3.61. The molecule has 1 N–H and O–H groups in total. The number of ether oxygens (including phenoxy) is 2. The van der Waals surface area contributed by atoms with Crippen molar-refractivity contribution in [2.45, 2.75) is 26.4 Å². The van der Waals surface area contributed by atoms with Crippen LogP contribution in [0.4, 0.5) is 0 Å². The zero-order chi connectivity index (χ0) is 8.69. The molecule has 66 valence electrons. The van der Waals surface area contributed by atoms with Gasteiger partial charge >= 0.3 is 0 Å². The lowest BCUT2D eigenvalue weighted by atomic mass is 10.1. The van der Waals surface area contributed by atoms with E-state index in [4.69, 9.17) is 4.74 Å². The third kappa shape index (κ3) is 4.81. The molecule has 0 aromatic heterocycles. The Hall–Kier alpha value is -0.540. The van der Waals surface area contributed by atoms with Crippen molar-refractivity contribution in [1.82, 2.24) is 0 Å². The number of hydrogen-bond acceptors (Lipinski definition) is 3. The average Bonchev–Trinajstić information content (AvgIpc) is 2.03. The van der Waals surface area contributed by atoms with Crippen molar-refractivity contribution in [3.8, 4) is 0 Å². The van der Waals surface area contributed by atoms with E-state index in [1.54, 1.807) is 7.11 Å². The summed E-state index contributed by atoms with van der Waals surface area (Å²) in [6.07, 6.45) is 1.84. The Morgan fingerprint density at radius 1 is 1.64 bits per heavy atom. The van der Waals surface area contributed by atoms with Crippen LogP contribution in [-0.4, -0.2) is 25.1 Å². The first-order valence-corrected chi connectivity index (χ1v) is 3.67. The SMILES string of the molecule is CCC(O)/C(C)=C\OCOC. The lowest BCUT2D eigenvalue weighted by molar-refractivity contribution is 0.0174. The molecular weight excluding hydrogens is 144 g/mol. The van der Waals surface area contributed by atoms with E-state index in [-0.39, 0.29) is 6.79 Å². The maximum absolute atomic E-state index is 9.24. The van der Waals surface area contributed by atoms with Crippen molar-refractivity contribution < 1.29 is 14.6 Å². The lowest BCUT2D eigenvalue weighted by Gasteiger charge is -2.07. The summed E-state index contributed by atoms with van der Waals surface area (Å²) in [7, 11) is 1.55. The largest absolute Gasteiger partial charge is 0.475 e. The van der Waals surface area contributed by atoms with Gasteiger partial charge in [-0.05, 0) is 18.9 Å². The van der Waals surface area contributed by atoms with E-state index in [9.17, 15) is 5.11 Å². The molecule has 0 aliphatic rings. The Labute approximate surface area is 67.6 Å². The highest BCUT2D eigenvalue weighted by molar-refractivity contribution is 4.99. The van der Waals surface area contributed by atoms with Crippen LogP contribution < -0.4 is 0 Å². The molecule has 1 unspecified atom stereocenters. The molecule has 1 atom stereocenters. The van der Waals surface area contributed by atoms with E-state index >= 15 is 0 Å². The quantitative estimate of drug-likeness (QED) is 0.374. The monoisotopic (exact) mass is 160 g/mol. The number of hydrogen-bond donors (Lipinski definition) is 1. The number of aliphatic hydroxyl groups is 1. The van der Waals surface area contributed by atoms with Crippen molar-refractivity contribution in [3.63, 3.8) is 0 Å². The van der Waals surface area contributed by atoms with E-state index in [1.165, 1.54) is 6.26 Å². The second-order valence-corrected chi connectivity index (χ2v) is 2.36. The van der Waals surface area contributed by atoms with Gasteiger partial charge in [0.15, 0.2) is 6.79 Å². The maximum atomic E-state index is 9.24. The molecule has 0 aromatic carbocycles. The summed E-state index contributed by atoms with van der Waals surface area (Å²) in [4.78, 5) is 0. The number of aliphatic hydroxyl groups excluding tert-OH is 1. The van der Waals surface area contributed by atoms with Crippen molar-refractivity contribution in [1.29, 1.82) is 0 Å². The maximum Gasteiger partial charge on any atom is 0.187 e. The first-order valence-electron chi connectivity index (χ1n) is 3.67. The van der Waals surface area contributed by atoms with Crippen LogP contribution in [0.15, 0.2) is 11.8 Å².